The number of carbonyl (C=O) groups is 1. The number of hydrogen-bond acceptors (Lipinski definition) is 10. The lowest BCUT2D eigenvalue weighted by Crippen LogP contribution is -2.36. The van der Waals surface area contributed by atoms with Crippen LogP contribution in [0.15, 0.2) is 35.1 Å². The summed E-state index contributed by atoms with van der Waals surface area (Å²) in [5, 5.41) is 17.3. The van der Waals surface area contributed by atoms with E-state index in [4.69, 9.17) is 14.1 Å². The molecule has 1 amide bonds. The van der Waals surface area contributed by atoms with Crippen molar-refractivity contribution >= 4 is 40.3 Å². The normalized spacial score (nSPS) is 18.8. The van der Waals surface area contributed by atoms with Gasteiger partial charge in [0.15, 0.2) is 17.0 Å². The molecule has 2 saturated heterocycles. The van der Waals surface area contributed by atoms with Crippen molar-refractivity contribution in [2.24, 2.45) is 0 Å². The van der Waals surface area contributed by atoms with E-state index in [-0.39, 0.29) is 12.3 Å². The van der Waals surface area contributed by atoms with Crippen LogP contribution in [0, 0.1) is 0 Å². The van der Waals surface area contributed by atoms with Gasteiger partial charge in [-0.25, -0.2) is 14.5 Å². The molecular formula is C22H24N8O4. The summed E-state index contributed by atoms with van der Waals surface area (Å²) in [5.41, 5.74) is 2.82. The number of pyridine rings is 1. The lowest BCUT2D eigenvalue weighted by atomic mass is 10.2. The number of β-amino-alcohol motifs (C(OH)–C–C–N with tert-alkyl or cyclic N) is 1. The van der Waals surface area contributed by atoms with Crippen molar-refractivity contribution in [3.63, 3.8) is 0 Å². The smallest absolute Gasteiger partial charge is 0.300 e. The molecule has 0 aliphatic carbocycles. The number of carbonyl (C=O) groups excluding carboxylic acids is 1. The van der Waals surface area contributed by atoms with Crippen LogP contribution in [0.2, 0.25) is 0 Å². The first-order valence-electron chi connectivity index (χ1n) is 11.3. The molecule has 0 unspecified atom stereocenters. The van der Waals surface area contributed by atoms with Gasteiger partial charge >= 0.3 is 0 Å². The minimum Gasteiger partial charge on any atom is -0.422 e. The average Bonchev–Trinajstić information content (AvgIpc) is 3.57. The van der Waals surface area contributed by atoms with Crippen molar-refractivity contribution in [3.05, 3.63) is 36.3 Å². The van der Waals surface area contributed by atoms with E-state index in [2.05, 4.69) is 20.4 Å². The van der Waals surface area contributed by atoms with Crippen molar-refractivity contribution in [1.29, 1.82) is 0 Å². The Morgan fingerprint density at radius 2 is 2.09 bits per heavy atom. The lowest BCUT2D eigenvalue weighted by Gasteiger charge is -2.24. The zero-order valence-electron chi connectivity index (χ0n) is 18.4. The van der Waals surface area contributed by atoms with Crippen LogP contribution in [0.3, 0.4) is 0 Å². The number of amides is 1. The van der Waals surface area contributed by atoms with Crippen LogP contribution in [0.5, 0.6) is 0 Å². The quantitative estimate of drug-likeness (QED) is 0.438. The van der Waals surface area contributed by atoms with Crippen LogP contribution in [0.1, 0.15) is 12.0 Å². The largest absolute Gasteiger partial charge is 0.422 e. The summed E-state index contributed by atoms with van der Waals surface area (Å²) in [6.07, 6.45) is 5.41. The molecule has 2 aliphatic heterocycles. The first kappa shape index (κ1) is 20.8. The molecule has 2 aliphatic rings. The minimum absolute atomic E-state index is 0.107. The number of nitrogens with one attached hydrogen (secondary N) is 1. The van der Waals surface area contributed by atoms with Gasteiger partial charge in [-0.05, 0) is 12.5 Å². The molecule has 1 atom stereocenters. The van der Waals surface area contributed by atoms with E-state index in [0.717, 1.165) is 5.56 Å². The predicted octanol–water partition coefficient (Wildman–Crippen LogP) is 0.854. The second-order valence-corrected chi connectivity index (χ2v) is 8.45. The Bertz CT molecular complexity index is 1350. The topological polar surface area (TPSA) is 134 Å². The van der Waals surface area contributed by atoms with Crippen molar-refractivity contribution in [2.75, 3.05) is 54.5 Å². The summed E-state index contributed by atoms with van der Waals surface area (Å²) in [6.45, 7) is 3.68. The Morgan fingerprint density at radius 3 is 2.91 bits per heavy atom. The molecular weight excluding hydrogens is 440 g/mol. The Kier molecular flexibility index (Phi) is 5.23. The highest BCUT2D eigenvalue weighted by Gasteiger charge is 2.27. The van der Waals surface area contributed by atoms with Gasteiger partial charge in [0.1, 0.15) is 0 Å². The molecule has 176 valence electrons. The molecule has 4 aromatic heterocycles. The molecule has 2 N–H and O–H groups in total. The number of nitrogens with zero attached hydrogens (tertiary/aromatic N) is 7. The van der Waals surface area contributed by atoms with E-state index in [1.165, 1.54) is 0 Å². The highest BCUT2D eigenvalue weighted by molar-refractivity contribution is 5.97. The molecule has 2 fully saturated rings. The Labute approximate surface area is 194 Å². The summed E-state index contributed by atoms with van der Waals surface area (Å²) >= 11 is 0. The van der Waals surface area contributed by atoms with Crippen molar-refractivity contribution < 1.29 is 19.1 Å². The van der Waals surface area contributed by atoms with Crippen LogP contribution in [-0.2, 0) is 16.0 Å². The molecule has 4 aromatic rings. The molecule has 0 aromatic carbocycles. The van der Waals surface area contributed by atoms with Gasteiger partial charge in [-0.1, -0.05) is 0 Å². The fraction of sp³-hybridized carbons (Fsp3) is 0.409. The number of rotatable bonds is 5. The third-order valence-electron chi connectivity index (χ3n) is 6.07. The van der Waals surface area contributed by atoms with Crippen LogP contribution in [-0.4, -0.2) is 81.1 Å². The van der Waals surface area contributed by atoms with Gasteiger partial charge in [0.05, 0.1) is 37.6 Å². The Balaban J connectivity index is 1.31. The summed E-state index contributed by atoms with van der Waals surface area (Å²) in [4.78, 5) is 30.6. The first-order valence-corrected chi connectivity index (χ1v) is 11.3. The van der Waals surface area contributed by atoms with Crippen LogP contribution < -0.4 is 15.1 Å². The van der Waals surface area contributed by atoms with Gasteiger partial charge in [0, 0.05) is 50.2 Å². The first-order chi connectivity index (χ1) is 16.6. The van der Waals surface area contributed by atoms with E-state index in [1.54, 1.807) is 35.2 Å². The Hall–Kier alpha value is -3.77. The maximum atomic E-state index is 13.0. The fourth-order valence-corrected chi connectivity index (χ4v) is 4.37. The summed E-state index contributed by atoms with van der Waals surface area (Å²) in [6, 6.07) is 4.02. The van der Waals surface area contributed by atoms with Crippen LogP contribution in [0.25, 0.3) is 16.9 Å². The number of oxazole rings is 1. The monoisotopic (exact) mass is 464 g/mol. The molecule has 0 bridgehead atoms. The standard InChI is InChI=1S/C22H24N8O4/c31-15-2-5-29(13-15)21-16(25-18(32)10-14-12-24-30-4-1-3-23-20(14)30)11-17-19(26-21)27-22(34-17)28-6-8-33-9-7-28/h1,3-4,11-12,15,31H,2,5-10,13H2,(H,25,32)/t15-/m1/s1. The van der Waals surface area contributed by atoms with E-state index in [0.29, 0.717) is 80.2 Å². The van der Waals surface area contributed by atoms with E-state index < -0.39 is 6.10 Å². The molecule has 12 heteroatoms. The molecule has 6 heterocycles. The van der Waals surface area contributed by atoms with E-state index in [1.807, 2.05) is 9.80 Å². The maximum Gasteiger partial charge on any atom is 0.300 e. The third kappa shape index (κ3) is 3.90. The molecule has 12 nitrogen and oxygen atoms in total. The second kappa shape index (κ2) is 8.54. The zero-order valence-corrected chi connectivity index (χ0v) is 18.4. The fourth-order valence-electron chi connectivity index (χ4n) is 4.37. The molecule has 6 rings (SSSR count). The number of fused-ring (bicyclic) bond motifs is 2. The van der Waals surface area contributed by atoms with Crippen LogP contribution >= 0.6 is 0 Å². The molecule has 0 radical (unpaired) electrons. The SMILES string of the molecule is O=C(Cc1cnn2cccnc12)Nc1cc2oc(N3CCOCC3)nc2nc1N1CC[C@@H](O)C1. The summed E-state index contributed by atoms with van der Waals surface area (Å²) < 4.78 is 13.0. The number of ether oxygens (including phenoxy) is 1. The minimum atomic E-state index is -0.438. The predicted molar refractivity (Wildman–Crippen MR) is 123 cm³/mol. The van der Waals surface area contributed by atoms with E-state index >= 15 is 0 Å². The molecule has 0 saturated carbocycles. The molecule has 0 spiro atoms. The Morgan fingerprint density at radius 1 is 1.21 bits per heavy atom. The lowest BCUT2D eigenvalue weighted by molar-refractivity contribution is -0.115. The number of hydrogen-bond donors (Lipinski definition) is 2. The highest BCUT2D eigenvalue weighted by atomic mass is 16.5. The van der Waals surface area contributed by atoms with Gasteiger partial charge in [-0.3, -0.25) is 4.79 Å². The van der Waals surface area contributed by atoms with Gasteiger partial charge in [-0.15, -0.1) is 0 Å². The maximum absolute atomic E-state index is 13.0. The second-order valence-electron chi connectivity index (χ2n) is 8.45. The average molecular weight is 464 g/mol. The van der Waals surface area contributed by atoms with Gasteiger partial charge in [-0.2, -0.15) is 10.1 Å². The highest BCUT2D eigenvalue weighted by Crippen LogP contribution is 2.32. The van der Waals surface area contributed by atoms with Gasteiger partial charge in [0.25, 0.3) is 6.01 Å². The number of morpholine rings is 1. The third-order valence-corrected chi connectivity index (χ3v) is 6.07. The van der Waals surface area contributed by atoms with Gasteiger partial charge in [0.2, 0.25) is 11.6 Å². The number of aliphatic hydroxyl groups excluding tert-OH is 1. The van der Waals surface area contributed by atoms with Crippen molar-refractivity contribution in [2.45, 2.75) is 18.9 Å². The zero-order chi connectivity index (χ0) is 23.1. The number of aromatic nitrogens is 5. The summed E-state index contributed by atoms with van der Waals surface area (Å²) in [7, 11) is 0. The molecule has 34 heavy (non-hydrogen) atoms. The van der Waals surface area contributed by atoms with Crippen LogP contribution in [0.4, 0.5) is 17.5 Å². The number of aliphatic hydroxyl groups is 1. The van der Waals surface area contributed by atoms with Crippen molar-refractivity contribution in [1.82, 2.24) is 24.6 Å². The van der Waals surface area contributed by atoms with Crippen molar-refractivity contribution in [3.8, 4) is 0 Å². The van der Waals surface area contributed by atoms with E-state index in [9.17, 15) is 9.90 Å². The van der Waals surface area contributed by atoms with Gasteiger partial charge < -0.3 is 29.4 Å². The number of anilines is 3. The summed E-state index contributed by atoms with van der Waals surface area (Å²) in [5.74, 6) is 0.341.